The SMILES string of the molecule is N#C/C(=C\N1CCN(c2cccc(Cl)c2)CC1)S(=O)(=O)c1ccc(Cl)cc1. The molecule has 2 aromatic rings. The molecule has 8 heteroatoms. The van der Waals surface area contributed by atoms with Crippen LogP contribution in [0.15, 0.2) is 64.5 Å². The third-order valence-corrected chi connectivity index (χ3v) is 6.47. The first kappa shape index (κ1) is 19.6. The van der Waals surface area contributed by atoms with Crippen LogP contribution in [0, 0.1) is 11.3 Å². The van der Waals surface area contributed by atoms with Gasteiger partial charge in [0.1, 0.15) is 6.07 Å². The van der Waals surface area contributed by atoms with Gasteiger partial charge in [0.2, 0.25) is 9.84 Å². The van der Waals surface area contributed by atoms with E-state index >= 15 is 0 Å². The zero-order valence-corrected chi connectivity index (χ0v) is 16.7. The summed E-state index contributed by atoms with van der Waals surface area (Å²) in [6, 6.07) is 15.2. The van der Waals surface area contributed by atoms with Gasteiger partial charge in [-0.2, -0.15) is 5.26 Å². The minimum absolute atomic E-state index is 0.0530. The molecule has 0 spiro atoms. The normalized spacial score (nSPS) is 15.5. The maximum atomic E-state index is 12.7. The molecule has 1 aliphatic rings. The van der Waals surface area contributed by atoms with Gasteiger partial charge < -0.3 is 9.80 Å². The molecule has 3 rings (SSSR count). The Morgan fingerprint density at radius 1 is 1.00 bits per heavy atom. The summed E-state index contributed by atoms with van der Waals surface area (Å²) in [6.07, 6.45) is 1.43. The van der Waals surface area contributed by atoms with E-state index in [0.29, 0.717) is 36.2 Å². The summed E-state index contributed by atoms with van der Waals surface area (Å²) >= 11 is 11.9. The summed E-state index contributed by atoms with van der Waals surface area (Å²) in [5.74, 6) is 0. The molecule has 5 nitrogen and oxygen atoms in total. The van der Waals surface area contributed by atoms with Crippen LogP contribution in [0.25, 0.3) is 0 Å². The molecule has 0 radical (unpaired) electrons. The fraction of sp³-hybridized carbons (Fsp3) is 0.211. The van der Waals surface area contributed by atoms with Crippen LogP contribution in [-0.4, -0.2) is 39.5 Å². The molecule has 1 aliphatic heterocycles. The lowest BCUT2D eigenvalue weighted by Gasteiger charge is -2.35. The van der Waals surface area contributed by atoms with Gasteiger partial charge in [0, 0.05) is 48.1 Å². The van der Waals surface area contributed by atoms with Gasteiger partial charge >= 0.3 is 0 Å². The second-order valence-corrected chi connectivity index (χ2v) is 8.86. The van der Waals surface area contributed by atoms with Crippen molar-refractivity contribution in [2.75, 3.05) is 31.1 Å². The first-order chi connectivity index (χ1) is 12.9. The number of allylic oxidation sites excluding steroid dienone is 1. The van der Waals surface area contributed by atoms with Crippen molar-refractivity contribution < 1.29 is 8.42 Å². The summed E-state index contributed by atoms with van der Waals surface area (Å²) in [4.78, 5) is 3.81. The van der Waals surface area contributed by atoms with E-state index in [4.69, 9.17) is 23.2 Å². The fourth-order valence-electron chi connectivity index (χ4n) is 2.85. The average Bonchev–Trinajstić information content (AvgIpc) is 2.67. The summed E-state index contributed by atoms with van der Waals surface area (Å²) in [5.41, 5.74) is 1.03. The number of halogens is 2. The number of nitrogens with zero attached hydrogens (tertiary/aromatic N) is 3. The Hall–Kier alpha value is -2.20. The van der Waals surface area contributed by atoms with Gasteiger partial charge in [-0.25, -0.2) is 8.42 Å². The highest BCUT2D eigenvalue weighted by Gasteiger charge is 2.23. The van der Waals surface area contributed by atoms with Gasteiger partial charge in [0.15, 0.2) is 4.91 Å². The van der Waals surface area contributed by atoms with E-state index in [2.05, 4.69) is 4.90 Å². The van der Waals surface area contributed by atoms with E-state index in [1.165, 1.54) is 30.5 Å². The molecule has 0 unspecified atom stereocenters. The number of piperazine rings is 1. The standard InChI is InChI=1S/C19H17Cl2N3O2S/c20-15-4-6-18(7-5-15)27(25,26)19(13-22)14-23-8-10-24(11-9-23)17-3-1-2-16(21)12-17/h1-7,12,14H,8-11H2/b19-14+. The lowest BCUT2D eigenvalue weighted by molar-refractivity contribution is 0.348. The smallest absolute Gasteiger partial charge is 0.218 e. The molecule has 0 amide bonds. The van der Waals surface area contributed by atoms with Gasteiger partial charge in [-0.15, -0.1) is 0 Å². The summed E-state index contributed by atoms with van der Waals surface area (Å²) in [5, 5.41) is 10.5. The first-order valence-corrected chi connectivity index (χ1v) is 10.5. The van der Waals surface area contributed by atoms with Crippen LogP contribution in [0.5, 0.6) is 0 Å². The predicted molar refractivity (Wildman–Crippen MR) is 108 cm³/mol. The van der Waals surface area contributed by atoms with E-state index in [1.807, 2.05) is 35.2 Å². The molecular formula is C19H17Cl2N3O2S. The molecule has 0 bridgehead atoms. The van der Waals surface area contributed by atoms with Crippen molar-refractivity contribution in [1.82, 2.24) is 4.90 Å². The number of hydrogen-bond acceptors (Lipinski definition) is 5. The molecule has 1 saturated heterocycles. The van der Waals surface area contributed by atoms with Gasteiger partial charge in [-0.05, 0) is 42.5 Å². The number of sulfone groups is 1. The van der Waals surface area contributed by atoms with Crippen molar-refractivity contribution in [2.45, 2.75) is 4.90 Å². The van der Waals surface area contributed by atoms with Crippen molar-refractivity contribution in [2.24, 2.45) is 0 Å². The summed E-state index contributed by atoms with van der Waals surface area (Å²) in [7, 11) is -3.87. The first-order valence-electron chi connectivity index (χ1n) is 8.27. The second-order valence-electron chi connectivity index (χ2n) is 6.07. The molecule has 1 heterocycles. The van der Waals surface area contributed by atoms with E-state index < -0.39 is 9.84 Å². The topological polar surface area (TPSA) is 64.4 Å². The zero-order chi connectivity index (χ0) is 19.4. The van der Waals surface area contributed by atoms with Crippen LogP contribution in [0.4, 0.5) is 5.69 Å². The summed E-state index contributed by atoms with van der Waals surface area (Å²) in [6.45, 7) is 2.62. The minimum atomic E-state index is -3.87. The molecule has 0 aromatic heterocycles. The highest BCUT2D eigenvalue weighted by atomic mass is 35.5. The third kappa shape index (κ3) is 4.56. The highest BCUT2D eigenvalue weighted by molar-refractivity contribution is 7.95. The number of hydrogen-bond donors (Lipinski definition) is 0. The maximum absolute atomic E-state index is 12.7. The number of nitriles is 1. The van der Waals surface area contributed by atoms with Crippen molar-refractivity contribution in [3.05, 3.63) is 69.7 Å². The van der Waals surface area contributed by atoms with Gasteiger partial charge in [-0.1, -0.05) is 29.3 Å². The molecule has 27 heavy (non-hydrogen) atoms. The van der Waals surface area contributed by atoms with Crippen molar-refractivity contribution in [1.29, 1.82) is 5.26 Å². The quantitative estimate of drug-likeness (QED) is 0.699. The van der Waals surface area contributed by atoms with Gasteiger partial charge in [-0.3, -0.25) is 0 Å². The van der Waals surface area contributed by atoms with Crippen LogP contribution < -0.4 is 4.90 Å². The Balaban J connectivity index is 1.74. The van der Waals surface area contributed by atoms with Crippen molar-refractivity contribution in [3.8, 4) is 6.07 Å². The number of anilines is 1. The average molecular weight is 422 g/mol. The Morgan fingerprint density at radius 2 is 1.67 bits per heavy atom. The van der Waals surface area contributed by atoms with E-state index in [-0.39, 0.29) is 9.80 Å². The Morgan fingerprint density at radius 3 is 2.26 bits per heavy atom. The van der Waals surface area contributed by atoms with Crippen LogP contribution in [0.3, 0.4) is 0 Å². The Kier molecular flexibility index (Phi) is 5.95. The van der Waals surface area contributed by atoms with Crippen LogP contribution in [0.2, 0.25) is 10.0 Å². The molecule has 140 valence electrons. The van der Waals surface area contributed by atoms with Gasteiger partial charge in [0.25, 0.3) is 0 Å². The van der Waals surface area contributed by atoms with E-state index in [9.17, 15) is 13.7 Å². The second kappa shape index (κ2) is 8.22. The fourth-order valence-corrected chi connectivity index (χ4v) is 4.31. The van der Waals surface area contributed by atoms with E-state index in [0.717, 1.165) is 5.69 Å². The van der Waals surface area contributed by atoms with Crippen LogP contribution in [-0.2, 0) is 9.84 Å². The molecular weight excluding hydrogens is 405 g/mol. The molecule has 1 fully saturated rings. The Bertz CT molecular complexity index is 990. The lowest BCUT2D eigenvalue weighted by atomic mass is 10.2. The lowest BCUT2D eigenvalue weighted by Crippen LogP contribution is -2.44. The zero-order valence-electron chi connectivity index (χ0n) is 14.3. The van der Waals surface area contributed by atoms with Crippen molar-refractivity contribution in [3.63, 3.8) is 0 Å². The summed E-state index contributed by atoms with van der Waals surface area (Å²) < 4.78 is 25.4. The minimum Gasteiger partial charge on any atom is -0.372 e. The molecule has 0 N–H and O–H groups in total. The Labute approximate surface area is 168 Å². The molecule has 0 atom stereocenters. The molecule has 2 aromatic carbocycles. The predicted octanol–water partition coefficient (Wildman–Crippen LogP) is 3.95. The highest BCUT2D eigenvalue weighted by Crippen LogP contribution is 2.23. The van der Waals surface area contributed by atoms with E-state index in [1.54, 1.807) is 0 Å². The monoisotopic (exact) mass is 421 g/mol. The molecule has 0 aliphatic carbocycles. The van der Waals surface area contributed by atoms with Gasteiger partial charge in [0.05, 0.1) is 4.90 Å². The molecule has 0 saturated carbocycles. The largest absolute Gasteiger partial charge is 0.372 e. The number of benzene rings is 2. The van der Waals surface area contributed by atoms with Crippen LogP contribution in [0.1, 0.15) is 0 Å². The van der Waals surface area contributed by atoms with Crippen LogP contribution >= 0.6 is 23.2 Å². The number of rotatable bonds is 4. The third-order valence-electron chi connectivity index (χ3n) is 4.31. The maximum Gasteiger partial charge on any atom is 0.218 e. The van der Waals surface area contributed by atoms with Crippen molar-refractivity contribution >= 4 is 38.7 Å².